The van der Waals surface area contributed by atoms with E-state index in [0.29, 0.717) is 0 Å². The number of aromatic nitrogens is 6. The standard InChI is InChI=1S/C8H8N6O3S/c1-17-5(15)4-14-8(11-12-13-14)18-7-6(16)9-2-3-10-7/h2-3H,4H2,1H3,(H,9,16). The molecule has 0 aliphatic rings. The number of hydrogen-bond donors (Lipinski definition) is 1. The molecule has 0 atom stereocenters. The zero-order chi connectivity index (χ0) is 13.0. The maximum absolute atomic E-state index is 11.4. The van der Waals surface area contributed by atoms with E-state index >= 15 is 0 Å². The highest BCUT2D eigenvalue weighted by Gasteiger charge is 2.14. The largest absolute Gasteiger partial charge is 0.468 e. The number of aromatic amines is 1. The molecule has 0 bridgehead atoms. The normalized spacial score (nSPS) is 10.3. The first kappa shape index (κ1) is 12.2. The SMILES string of the molecule is COC(=O)Cn1nnnc1Sc1ncc[nH]c1=O. The predicted molar refractivity (Wildman–Crippen MR) is 58.8 cm³/mol. The van der Waals surface area contributed by atoms with Gasteiger partial charge in [-0.05, 0) is 22.2 Å². The maximum Gasteiger partial charge on any atom is 0.327 e. The predicted octanol–water partition coefficient (Wildman–Crippen LogP) is -0.919. The van der Waals surface area contributed by atoms with Gasteiger partial charge in [0.15, 0.2) is 5.03 Å². The van der Waals surface area contributed by atoms with Gasteiger partial charge in [-0.15, -0.1) is 5.10 Å². The highest BCUT2D eigenvalue weighted by atomic mass is 32.2. The van der Waals surface area contributed by atoms with Crippen LogP contribution in [0.25, 0.3) is 0 Å². The van der Waals surface area contributed by atoms with Gasteiger partial charge in [0.05, 0.1) is 7.11 Å². The Morgan fingerprint density at radius 2 is 2.44 bits per heavy atom. The molecule has 2 aromatic heterocycles. The number of nitrogens with zero attached hydrogens (tertiary/aromatic N) is 5. The molecule has 9 nitrogen and oxygen atoms in total. The molecule has 1 N–H and O–H groups in total. The minimum atomic E-state index is -0.487. The van der Waals surface area contributed by atoms with Crippen molar-refractivity contribution in [2.45, 2.75) is 16.7 Å². The number of rotatable bonds is 4. The van der Waals surface area contributed by atoms with Crippen LogP contribution in [-0.2, 0) is 16.1 Å². The fourth-order valence-corrected chi connectivity index (χ4v) is 1.77. The minimum Gasteiger partial charge on any atom is -0.468 e. The van der Waals surface area contributed by atoms with Gasteiger partial charge < -0.3 is 9.72 Å². The number of tetrazole rings is 1. The van der Waals surface area contributed by atoms with Crippen molar-refractivity contribution in [1.29, 1.82) is 0 Å². The van der Waals surface area contributed by atoms with Crippen LogP contribution in [0.4, 0.5) is 0 Å². The summed E-state index contributed by atoms with van der Waals surface area (Å²) in [7, 11) is 1.27. The van der Waals surface area contributed by atoms with Crippen molar-refractivity contribution in [3.05, 3.63) is 22.7 Å². The summed E-state index contributed by atoms with van der Waals surface area (Å²) >= 11 is 0.964. The summed E-state index contributed by atoms with van der Waals surface area (Å²) in [5.74, 6) is -0.487. The Hall–Kier alpha value is -2.23. The van der Waals surface area contributed by atoms with Crippen molar-refractivity contribution in [1.82, 2.24) is 30.2 Å². The van der Waals surface area contributed by atoms with Crippen molar-refractivity contribution in [2.75, 3.05) is 7.11 Å². The molecule has 0 aliphatic heterocycles. The number of carbonyl (C=O) groups excluding carboxylic acids is 1. The van der Waals surface area contributed by atoms with Crippen LogP contribution in [0, 0.1) is 0 Å². The van der Waals surface area contributed by atoms with E-state index in [-0.39, 0.29) is 22.3 Å². The van der Waals surface area contributed by atoms with Gasteiger partial charge in [0.1, 0.15) is 6.54 Å². The van der Waals surface area contributed by atoms with Crippen molar-refractivity contribution in [3.8, 4) is 0 Å². The van der Waals surface area contributed by atoms with Gasteiger partial charge in [0.2, 0.25) is 5.16 Å². The number of carbonyl (C=O) groups is 1. The molecule has 18 heavy (non-hydrogen) atoms. The van der Waals surface area contributed by atoms with Crippen LogP contribution < -0.4 is 5.56 Å². The summed E-state index contributed by atoms with van der Waals surface area (Å²) < 4.78 is 5.73. The van der Waals surface area contributed by atoms with E-state index in [1.165, 1.54) is 24.2 Å². The van der Waals surface area contributed by atoms with E-state index in [0.717, 1.165) is 11.8 Å². The molecule has 10 heteroatoms. The van der Waals surface area contributed by atoms with Gasteiger partial charge in [-0.25, -0.2) is 9.67 Å². The van der Waals surface area contributed by atoms with E-state index in [1.54, 1.807) is 0 Å². The number of H-pyrrole nitrogens is 1. The molecule has 0 spiro atoms. The van der Waals surface area contributed by atoms with E-state index in [4.69, 9.17) is 0 Å². The lowest BCUT2D eigenvalue weighted by Gasteiger charge is -2.01. The topological polar surface area (TPSA) is 116 Å². The van der Waals surface area contributed by atoms with Gasteiger partial charge in [-0.3, -0.25) is 9.59 Å². The van der Waals surface area contributed by atoms with Crippen LogP contribution >= 0.6 is 11.8 Å². The van der Waals surface area contributed by atoms with E-state index in [9.17, 15) is 9.59 Å². The molecular formula is C8H8N6O3S. The number of ether oxygens (including phenoxy) is 1. The molecule has 0 radical (unpaired) electrons. The smallest absolute Gasteiger partial charge is 0.327 e. The molecule has 0 aromatic carbocycles. The Kier molecular flexibility index (Phi) is 3.67. The second-order valence-electron chi connectivity index (χ2n) is 3.02. The van der Waals surface area contributed by atoms with Crippen LogP contribution in [0.1, 0.15) is 0 Å². The van der Waals surface area contributed by atoms with Crippen LogP contribution in [0.15, 0.2) is 27.4 Å². The average Bonchev–Trinajstić information content (AvgIpc) is 2.79. The van der Waals surface area contributed by atoms with Crippen LogP contribution in [0.3, 0.4) is 0 Å². The highest BCUT2D eigenvalue weighted by molar-refractivity contribution is 7.99. The van der Waals surface area contributed by atoms with E-state index in [1.807, 2.05) is 0 Å². The van der Waals surface area contributed by atoms with Gasteiger partial charge >= 0.3 is 5.97 Å². The fraction of sp³-hybridized carbons (Fsp3) is 0.250. The molecule has 0 unspecified atom stereocenters. The number of hydrogen-bond acceptors (Lipinski definition) is 8. The molecule has 2 aromatic rings. The van der Waals surface area contributed by atoms with Crippen molar-refractivity contribution >= 4 is 17.7 Å². The third-order valence-corrected chi connectivity index (χ3v) is 2.83. The summed E-state index contributed by atoms with van der Waals surface area (Å²) in [5.41, 5.74) is -0.352. The Bertz CT molecular complexity index is 609. The molecule has 0 saturated heterocycles. The van der Waals surface area contributed by atoms with Gasteiger partial charge in [0, 0.05) is 12.4 Å². The molecular weight excluding hydrogens is 260 g/mol. The van der Waals surface area contributed by atoms with Crippen molar-refractivity contribution in [2.24, 2.45) is 0 Å². The van der Waals surface area contributed by atoms with Crippen LogP contribution in [0.5, 0.6) is 0 Å². The first-order valence-corrected chi connectivity index (χ1v) is 5.57. The van der Waals surface area contributed by atoms with Crippen molar-refractivity contribution < 1.29 is 9.53 Å². The molecule has 0 saturated carbocycles. The van der Waals surface area contributed by atoms with Crippen LogP contribution in [-0.4, -0.2) is 43.3 Å². The lowest BCUT2D eigenvalue weighted by Crippen LogP contribution is -2.15. The number of nitrogens with one attached hydrogen (secondary N) is 1. The summed E-state index contributed by atoms with van der Waals surface area (Å²) in [4.78, 5) is 28.9. The minimum absolute atomic E-state index is 0.128. The number of esters is 1. The van der Waals surface area contributed by atoms with E-state index < -0.39 is 5.97 Å². The van der Waals surface area contributed by atoms with Gasteiger partial charge in [-0.2, -0.15) is 0 Å². The Balaban J connectivity index is 2.20. The van der Waals surface area contributed by atoms with Gasteiger partial charge in [0.25, 0.3) is 5.56 Å². The molecule has 0 fully saturated rings. The third kappa shape index (κ3) is 2.71. The third-order valence-electron chi connectivity index (χ3n) is 1.87. The summed E-state index contributed by atoms with van der Waals surface area (Å²) in [6, 6.07) is 0. The molecule has 0 aliphatic carbocycles. The molecule has 0 amide bonds. The van der Waals surface area contributed by atoms with E-state index in [2.05, 4.69) is 30.2 Å². The second kappa shape index (κ2) is 5.40. The Morgan fingerprint density at radius 3 is 3.17 bits per heavy atom. The summed E-state index contributed by atoms with van der Waals surface area (Å²) in [6.45, 7) is -0.128. The lowest BCUT2D eigenvalue weighted by atomic mass is 10.7. The maximum atomic E-state index is 11.4. The second-order valence-corrected chi connectivity index (χ2v) is 3.98. The first-order chi connectivity index (χ1) is 8.70. The Labute approximate surface area is 105 Å². The van der Waals surface area contributed by atoms with Crippen molar-refractivity contribution in [3.63, 3.8) is 0 Å². The molecule has 2 heterocycles. The first-order valence-electron chi connectivity index (χ1n) is 4.75. The zero-order valence-electron chi connectivity index (χ0n) is 9.23. The van der Waals surface area contributed by atoms with Gasteiger partial charge in [-0.1, -0.05) is 0 Å². The monoisotopic (exact) mass is 268 g/mol. The van der Waals surface area contributed by atoms with Crippen LogP contribution in [0.2, 0.25) is 0 Å². The summed E-state index contributed by atoms with van der Waals surface area (Å²) in [5, 5.41) is 11.2. The highest BCUT2D eigenvalue weighted by Crippen LogP contribution is 2.19. The number of methoxy groups -OCH3 is 1. The lowest BCUT2D eigenvalue weighted by molar-refractivity contribution is -0.141. The Morgan fingerprint density at radius 1 is 1.61 bits per heavy atom. The summed E-state index contributed by atoms with van der Waals surface area (Å²) in [6.07, 6.45) is 2.86. The molecule has 2 rings (SSSR count). The quantitative estimate of drug-likeness (QED) is 0.708. The average molecular weight is 268 g/mol. The molecule has 94 valence electrons. The zero-order valence-corrected chi connectivity index (χ0v) is 10.0. The fourth-order valence-electron chi connectivity index (χ4n) is 1.05.